The van der Waals surface area contributed by atoms with E-state index in [1.807, 2.05) is 19.9 Å². The largest absolute Gasteiger partial charge is 0.339 e. The third kappa shape index (κ3) is 4.12. The lowest BCUT2D eigenvalue weighted by molar-refractivity contribution is 0.0766. The molecule has 1 aromatic heterocycles. The van der Waals surface area contributed by atoms with Crippen LogP contribution in [-0.4, -0.2) is 39.6 Å². The molecule has 0 aliphatic carbocycles. The number of nitrogens with zero attached hydrogens (tertiary/aromatic N) is 3. The summed E-state index contributed by atoms with van der Waals surface area (Å²) in [6, 6.07) is 7.14. The van der Waals surface area contributed by atoms with Crippen LogP contribution >= 0.6 is 0 Å². The van der Waals surface area contributed by atoms with Crippen molar-refractivity contribution in [3.8, 4) is 0 Å². The number of carbonyl (C=O) groups is 2. The molecule has 6 nitrogen and oxygen atoms in total. The highest BCUT2D eigenvalue weighted by atomic mass is 16.2. The molecule has 0 aliphatic rings. The first-order valence-electron chi connectivity index (χ1n) is 7.54. The van der Waals surface area contributed by atoms with Gasteiger partial charge in [0.05, 0.1) is 12.4 Å². The van der Waals surface area contributed by atoms with Gasteiger partial charge in [-0.15, -0.1) is 0 Å². The SMILES string of the molecule is CCN(CC)C(=O)c1cnc(Nc2cccc(C(C)=O)c2)cn1. The van der Waals surface area contributed by atoms with Gasteiger partial charge < -0.3 is 10.2 Å². The van der Waals surface area contributed by atoms with Crippen LogP contribution in [-0.2, 0) is 0 Å². The van der Waals surface area contributed by atoms with Gasteiger partial charge in [0.15, 0.2) is 5.78 Å². The third-order valence-electron chi connectivity index (χ3n) is 3.46. The van der Waals surface area contributed by atoms with Gasteiger partial charge in [0.25, 0.3) is 5.91 Å². The summed E-state index contributed by atoms with van der Waals surface area (Å²) in [4.78, 5) is 33.6. The molecule has 0 fully saturated rings. The van der Waals surface area contributed by atoms with E-state index in [1.54, 1.807) is 23.1 Å². The summed E-state index contributed by atoms with van der Waals surface area (Å²) in [5.74, 6) is 0.384. The number of amides is 1. The van der Waals surface area contributed by atoms with Crippen molar-refractivity contribution < 1.29 is 9.59 Å². The van der Waals surface area contributed by atoms with Crippen LogP contribution < -0.4 is 5.32 Å². The van der Waals surface area contributed by atoms with Crippen molar-refractivity contribution in [1.82, 2.24) is 14.9 Å². The number of benzene rings is 1. The molecule has 0 saturated heterocycles. The maximum atomic E-state index is 12.2. The Morgan fingerprint density at radius 2 is 1.87 bits per heavy atom. The van der Waals surface area contributed by atoms with E-state index in [2.05, 4.69) is 15.3 Å². The summed E-state index contributed by atoms with van der Waals surface area (Å²) in [5.41, 5.74) is 1.68. The van der Waals surface area contributed by atoms with Crippen molar-refractivity contribution in [3.63, 3.8) is 0 Å². The average molecular weight is 312 g/mol. The minimum atomic E-state index is -0.132. The fourth-order valence-electron chi connectivity index (χ4n) is 2.14. The first-order valence-corrected chi connectivity index (χ1v) is 7.54. The molecule has 0 aliphatic heterocycles. The van der Waals surface area contributed by atoms with Gasteiger partial charge in [0.2, 0.25) is 0 Å². The van der Waals surface area contributed by atoms with Crippen LogP contribution in [0.2, 0.25) is 0 Å². The summed E-state index contributed by atoms with van der Waals surface area (Å²) in [7, 11) is 0. The van der Waals surface area contributed by atoms with E-state index in [-0.39, 0.29) is 11.7 Å². The Balaban J connectivity index is 2.12. The first kappa shape index (κ1) is 16.6. The third-order valence-corrected chi connectivity index (χ3v) is 3.46. The molecule has 120 valence electrons. The lowest BCUT2D eigenvalue weighted by atomic mass is 10.1. The first-order chi connectivity index (χ1) is 11.0. The van der Waals surface area contributed by atoms with Gasteiger partial charge in [-0.1, -0.05) is 12.1 Å². The van der Waals surface area contributed by atoms with E-state index in [9.17, 15) is 9.59 Å². The zero-order valence-electron chi connectivity index (χ0n) is 13.5. The molecule has 1 N–H and O–H groups in total. The Morgan fingerprint density at radius 3 is 2.43 bits per heavy atom. The molecule has 1 heterocycles. The fourth-order valence-corrected chi connectivity index (χ4v) is 2.14. The molecule has 0 atom stereocenters. The van der Waals surface area contributed by atoms with E-state index < -0.39 is 0 Å². The van der Waals surface area contributed by atoms with Crippen LogP contribution in [0, 0.1) is 0 Å². The van der Waals surface area contributed by atoms with E-state index in [1.165, 1.54) is 19.3 Å². The summed E-state index contributed by atoms with van der Waals surface area (Å²) in [5, 5.41) is 3.07. The Labute approximate surface area is 135 Å². The molecule has 1 aromatic carbocycles. The Morgan fingerprint density at radius 1 is 1.13 bits per heavy atom. The van der Waals surface area contributed by atoms with E-state index in [0.717, 1.165) is 5.69 Å². The fraction of sp³-hybridized carbons (Fsp3) is 0.294. The van der Waals surface area contributed by atoms with Crippen molar-refractivity contribution in [3.05, 3.63) is 47.9 Å². The zero-order chi connectivity index (χ0) is 16.8. The summed E-state index contributed by atoms with van der Waals surface area (Å²) >= 11 is 0. The topological polar surface area (TPSA) is 75.2 Å². The summed E-state index contributed by atoms with van der Waals surface area (Å²) < 4.78 is 0. The van der Waals surface area contributed by atoms with Crippen LogP contribution in [0.1, 0.15) is 41.6 Å². The molecule has 6 heteroatoms. The smallest absolute Gasteiger partial charge is 0.274 e. The molecular formula is C17H20N4O2. The van der Waals surface area contributed by atoms with Gasteiger partial charge in [-0.3, -0.25) is 9.59 Å². The highest BCUT2D eigenvalue weighted by molar-refractivity contribution is 5.95. The minimum Gasteiger partial charge on any atom is -0.339 e. The minimum absolute atomic E-state index is 0.0000913. The van der Waals surface area contributed by atoms with Gasteiger partial charge in [-0.05, 0) is 32.9 Å². The highest BCUT2D eigenvalue weighted by Gasteiger charge is 2.14. The van der Waals surface area contributed by atoms with Crippen LogP contribution in [0.4, 0.5) is 11.5 Å². The molecule has 0 saturated carbocycles. The molecule has 2 rings (SSSR count). The predicted octanol–water partition coefficient (Wildman–Crippen LogP) is 2.90. The summed E-state index contributed by atoms with van der Waals surface area (Å²) in [6.07, 6.45) is 2.97. The van der Waals surface area contributed by atoms with Crippen molar-refractivity contribution >= 4 is 23.2 Å². The molecule has 0 spiro atoms. The quantitative estimate of drug-likeness (QED) is 0.830. The Bertz CT molecular complexity index is 694. The maximum Gasteiger partial charge on any atom is 0.274 e. The van der Waals surface area contributed by atoms with Gasteiger partial charge in [-0.2, -0.15) is 0 Å². The number of rotatable bonds is 6. The monoisotopic (exact) mass is 312 g/mol. The molecule has 23 heavy (non-hydrogen) atoms. The number of hydrogen-bond acceptors (Lipinski definition) is 5. The zero-order valence-corrected chi connectivity index (χ0v) is 13.5. The second-order valence-electron chi connectivity index (χ2n) is 5.03. The normalized spacial score (nSPS) is 10.2. The Hall–Kier alpha value is -2.76. The number of aromatic nitrogens is 2. The van der Waals surface area contributed by atoms with Crippen LogP contribution in [0.5, 0.6) is 0 Å². The number of Topliss-reactive ketones (excluding diaryl/α,β-unsaturated/α-hetero) is 1. The van der Waals surface area contributed by atoms with Crippen molar-refractivity contribution in [2.24, 2.45) is 0 Å². The van der Waals surface area contributed by atoms with E-state index in [0.29, 0.717) is 30.2 Å². The number of ketones is 1. The maximum absolute atomic E-state index is 12.2. The van der Waals surface area contributed by atoms with Crippen molar-refractivity contribution in [1.29, 1.82) is 0 Å². The molecule has 0 radical (unpaired) electrons. The second-order valence-corrected chi connectivity index (χ2v) is 5.03. The summed E-state index contributed by atoms with van der Waals surface area (Å²) in [6.45, 7) is 6.63. The lowest BCUT2D eigenvalue weighted by Crippen LogP contribution is -2.31. The van der Waals surface area contributed by atoms with Gasteiger partial charge in [-0.25, -0.2) is 9.97 Å². The van der Waals surface area contributed by atoms with Crippen LogP contribution in [0.3, 0.4) is 0 Å². The van der Waals surface area contributed by atoms with Crippen LogP contribution in [0.25, 0.3) is 0 Å². The van der Waals surface area contributed by atoms with Gasteiger partial charge >= 0.3 is 0 Å². The van der Waals surface area contributed by atoms with E-state index in [4.69, 9.17) is 0 Å². The number of carbonyl (C=O) groups excluding carboxylic acids is 2. The Kier molecular flexibility index (Phi) is 5.41. The van der Waals surface area contributed by atoms with Crippen molar-refractivity contribution in [2.45, 2.75) is 20.8 Å². The average Bonchev–Trinajstić information content (AvgIpc) is 2.56. The number of hydrogen-bond donors (Lipinski definition) is 1. The molecule has 2 aromatic rings. The standard InChI is InChI=1S/C17H20N4O2/c1-4-21(5-2)17(23)15-10-19-16(11-18-15)20-14-8-6-7-13(9-14)12(3)22/h6-11H,4-5H2,1-3H3,(H,19,20). The molecule has 0 bridgehead atoms. The van der Waals surface area contributed by atoms with Crippen molar-refractivity contribution in [2.75, 3.05) is 18.4 Å². The van der Waals surface area contributed by atoms with Gasteiger partial charge in [0, 0.05) is 24.3 Å². The van der Waals surface area contributed by atoms with Crippen LogP contribution in [0.15, 0.2) is 36.7 Å². The molecule has 1 amide bonds. The van der Waals surface area contributed by atoms with Gasteiger partial charge in [0.1, 0.15) is 11.5 Å². The van der Waals surface area contributed by atoms with E-state index >= 15 is 0 Å². The lowest BCUT2D eigenvalue weighted by Gasteiger charge is -2.17. The highest BCUT2D eigenvalue weighted by Crippen LogP contribution is 2.16. The molecule has 0 unspecified atom stereocenters. The number of nitrogens with one attached hydrogen (secondary N) is 1. The molecular weight excluding hydrogens is 292 g/mol. The predicted molar refractivity (Wildman–Crippen MR) is 89.0 cm³/mol. The number of anilines is 2. The second kappa shape index (κ2) is 7.49.